The third kappa shape index (κ3) is 4.26. The van der Waals surface area contributed by atoms with E-state index in [0.29, 0.717) is 12.1 Å². The lowest BCUT2D eigenvalue weighted by atomic mass is 9.95. The maximum Gasteiger partial charge on any atom is 0.0429 e. The van der Waals surface area contributed by atoms with Gasteiger partial charge in [0.15, 0.2) is 0 Å². The molecule has 0 heterocycles. The Morgan fingerprint density at radius 1 is 0.538 bits per heavy atom. The molecule has 0 fully saturated rings. The molecule has 3 aromatic rings. The predicted octanol–water partition coefficient (Wildman–Crippen LogP) is 6.66. The van der Waals surface area contributed by atoms with Crippen LogP contribution in [0.2, 0.25) is 0 Å². The van der Waals surface area contributed by atoms with E-state index in [2.05, 4.69) is 111 Å². The number of hydrogen-bond acceptors (Lipinski definition) is 2. The largest absolute Gasteiger partial charge is 0.382 e. The zero-order valence-electron chi connectivity index (χ0n) is 16.1. The van der Waals surface area contributed by atoms with Crippen molar-refractivity contribution in [1.82, 2.24) is 0 Å². The van der Waals surface area contributed by atoms with Crippen LogP contribution >= 0.6 is 0 Å². The highest BCUT2D eigenvalue weighted by molar-refractivity contribution is 5.90. The minimum absolute atomic E-state index is 0.366. The van der Waals surface area contributed by atoms with Crippen molar-refractivity contribution in [1.29, 1.82) is 0 Å². The molecule has 0 aliphatic carbocycles. The zero-order valence-corrected chi connectivity index (χ0v) is 16.1. The highest BCUT2D eigenvalue weighted by Crippen LogP contribution is 2.39. The minimum atomic E-state index is 0.366. The summed E-state index contributed by atoms with van der Waals surface area (Å²) in [4.78, 5) is 0. The third-order valence-corrected chi connectivity index (χ3v) is 4.22. The fourth-order valence-electron chi connectivity index (χ4n) is 3.17. The summed E-state index contributed by atoms with van der Waals surface area (Å²) in [6.45, 7) is 8.71. The molecule has 0 amide bonds. The molecule has 0 saturated heterocycles. The second kappa shape index (κ2) is 8.09. The zero-order chi connectivity index (χ0) is 18.5. The molecule has 0 atom stereocenters. The summed E-state index contributed by atoms with van der Waals surface area (Å²) in [6, 6.07) is 26.5. The molecule has 0 bridgehead atoms. The van der Waals surface area contributed by atoms with E-state index in [1.807, 2.05) is 0 Å². The molecule has 0 spiro atoms. The lowest BCUT2D eigenvalue weighted by Gasteiger charge is -2.22. The van der Waals surface area contributed by atoms with Gasteiger partial charge < -0.3 is 10.6 Å². The molecule has 2 heteroatoms. The van der Waals surface area contributed by atoms with Gasteiger partial charge in [0.05, 0.1) is 0 Å². The highest BCUT2D eigenvalue weighted by Gasteiger charge is 2.14. The van der Waals surface area contributed by atoms with Crippen LogP contribution in [-0.2, 0) is 0 Å². The van der Waals surface area contributed by atoms with Crippen molar-refractivity contribution in [3.05, 3.63) is 72.8 Å². The van der Waals surface area contributed by atoms with Crippen LogP contribution in [0.1, 0.15) is 27.7 Å². The van der Waals surface area contributed by atoms with Gasteiger partial charge in [-0.1, -0.05) is 60.7 Å². The molecule has 2 N–H and O–H groups in total. The van der Waals surface area contributed by atoms with Gasteiger partial charge in [-0.05, 0) is 51.0 Å². The molecule has 26 heavy (non-hydrogen) atoms. The van der Waals surface area contributed by atoms with Crippen LogP contribution in [0.3, 0.4) is 0 Å². The van der Waals surface area contributed by atoms with E-state index in [1.165, 1.54) is 33.6 Å². The van der Waals surface area contributed by atoms with Crippen LogP contribution in [0.4, 0.5) is 11.4 Å². The topological polar surface area (TPSA) is 24.1 Å². The molecule has 2 nitrogen and oxygen atoms in total. The highest BCUT2D eigenvalue weighted by atomic mass is 14.9. The van der Waals surface area contributed by atoms with Gasteiger partial charge in [0, 0.05) is 34.6 Å². The van der Waals surface area contributed by atoms with Gasteiger partial charge >= 0.3 is 0 Å². The Bertz CT molecular complexity index is 764. The normalized spacial score (nSPS) is 11.0. The Labute approximate surface area is 157 Å². The van der Waals surface area contributed by atoms with Gasteiger partial charge in [-0.2, -0.15) is 0 Å². The van der Waals surface area contributed by atoms with Gasteiger partial charge in [-0.15, -0.1) is 0 Å². The van der Waals surface area contributed by atoms with Crippen LogP contribution in [0.25, 0.3) is 22.3 Å². The van der Waals surface area contributed by atoms with E-state index in [1.54, 1.807) is 0 Å². The summed E-state index contributed by atoms with van der Waals surface area (Å²) in [5, 5.41) is 7.27. The smallest absolute Gasteiger partial charge is 0.0429 e. The standard InChI is InChI=1S/C24H28N2/c1-17(2)25-23-15-22(20-13-9-6-10-14-20)24(26-18(3)4)16-21(23)19-11-7-5-8-12-19/h5-18,25-26H,1-4H3. The summed E-state index contributed by atoms with van der Waals surface area (Å²) in [5.41, 5.74) is 7.23. The molecule has 134 valence electrons. The quantitative estimate of drug-likeness (QED) is 0.522. The molecule has 0 aliphatic heterocycles. The van der Waals surface area contributed by atoms with E-state index in [4.69, 9.17) is 0 Å². The third-order valence-electron chi connectivity index (χ3n) is 4.22. The van der Waals surface area contributed by atoms with Crippen molar-refractivity contribution in [2.45, 2.75) is 39.8 Å². The lowest BCUT2D eigenvalue weighted by molar-refractivity contribution is 0.896. The maximum absolute atomic E-state index is 3.63. The average molecular weight is 345 g/mol. The van der Waals surface area contributed by atoms with Crippen LogP contribution in [0.15, 0.2) is 72.8 Å². The minimum Gasteiger partial charge on any atom is -0.382 e. The molecule has 0 saturated carbocycles. The van der Waals surface area contributed by atoms with Crippen LogP contribution in [0, 0.1) is 0 Å². The number of benzene rings is 3. The van der Waals surface area contributed by atoms with Crippen LogP contribution in [-0.4, -0.2) is 12.1 Å². The Morgan fingerprint density at radius 2 is 0.885 bits per heavy atom. The van der Waals surface area contributed by atoms with Gasteiger partial charge in [-0.25, -0.2) is 0 Å². The monoisotopic (exact) mass is 344 g/mol. The van der Waals surface area contributed by atoms with Crippen molar-refractivity contribution >= 4 is 11.4 Å². The van der Waals surface area contributed by atoms with Crippen molar-refractivity contribution in [3.8, 4) is 22.3 Å². The maximum atomic E-state index is 3.63. The SMILES string of the molecule is CC(C)Nc1cc(-c2ccccc2)c(NC(C)C)cc1-c1ccccc1. The van der Waals surface area contributed by atoms with Gasteiger partial charge in [0.1, 0.15) is 0 Å². The Kier molecular flexibility index (Phi) is 5.62. The summed E-state index contributed by atoms with van der Waals surface area (Å²) in [5.74, 6) is 0. The van der Waals surface area contributed by atoms with Crippen molar-refractivity contribution in [2.75, 3.05) is 10.6 Å². The first-order valence-electron chi connectivity index (χ1n) is 9.36. The Morgan fingerprint density at radius 3 is 1.19 bits per heavy atom. The van der Waals surface area contributed by atoms with Gasteiger partial charge in [0.2, 0.25) is 0 Å². The fraction of sp³-hybridized carbons (Fsp3) is 0.250. The van der Waals surface area contributed by atoms with E-state index in [9.17, 15) is 0 Å². The summed E-state index contributed by atoms with van der Waals surface area (Å²) in [7, 11) is 0. The molecular formula is C24H28N2. The van der Waals surface area contributed by atoms with E-state index in [-0.39, 0.29) is 0 Å². The van der Waals surface area contributed by atoms with Crippen LogP contribution in [0.5, 0.6) is 0 Å². The van der Waals surface area contributed by atoms with E-state index < -0.39 is 0 Å². The van der Waals surface area contributed by atoms with E-state index >= 15 is 0 Å². The van der Waals surface area contributed by atoms with Crippen LogP contribution < -0.4 is 10.6 Å². The predicted molar refractivity (Wildman–Crippen MR) is 115 cm³/mol. The van der Waals surface area contributed by atoms with Gasteiger partial charge in [0.25, 0.3) is 0 Å². The molecule has 3 aromatic carbocycles. The molecular weight excluding hydrogens is 316 g/mol. The Balaban J connectivity index is 2.21. The number of nitrogens with one attached hydrogen (secondary N) is 2. The van der Waals surface area contributed by atoms with Crippen molar-refractivity contribution in [3.63, 3.8) is 0 Å². The number of rotatable bonds is 6. The second-order valence-corrected chi connectivity index (χ2v) is 7.27. The molecule has 0 aliphatic rings. The molecule has 0 radical (unpaired) electrons. The van der Waals surface area contributed by atoms with Crippen molar-refractivity contribution in [2.24, 2.45) is 0 Å². The Hall–Kier alpha value is -2.74. The first-order chi connectivity index (χ1) is 12.5. The first kappa shape index (κ1) is 18.1. The first-order valence-corrected chi connectivity index (χ1v) is 9.36. The summed E-state index contributed by atoms with van der Waals surface area (Å²) >= 11 is 0. The molecule has 0 unspecified atom stereocenters. The summed E-state index contributed by atoms with van der Waals surface area (Å²) < 4.78 is 0. The fourth-order valence-corrected chi connectivity index (χ4v) is 3.17. The van der Waals surface area contributed by atoms with Gasteiger partial charge in [-0.3, -0.25) is 0 Å². The number of hydrogen-bond donors (Lipinski definition) is 2. The number of anilines is 2. The van der Waals surface area contributed by atoms with E-state index in [0.717, 1.165) is 0 Å². The molecule has 0 aromatic heterocycles. The second-order valence-electron chi connectivity index (χ2n) is 7.27. The lowest BCUT2D eigenvalue weighted by Crippen LogP contribution is -2.13. The molecule has 3 rings (SSSR count). The van der Waals surface area contributed by atoms with Crippen molar-refractivity contribution < 1.29 is 0 Å². The average Bonchev–Trinajstić information content (AvgIpc) is 2.63. The summed E-state index contributed by atoms with van der Waals surface area (Å²) in [6.07, 6.45) is 0.